The van der Waals surface area contributed by atoms with Crippen LogP contribution in [0.25, 0.3) is 0 Å². The summed E-state index contributed by atoms with van der Waals surface area (Å²) in [5.74, 6) is -0.0316. The van der Waals surface area contributed by atoms with Crippen LogP contribution in [0, 0.1) is 0 Å². The Balaban J connectivity index is 2.01. The molecule has 1 atom stereocenters. The number of rotatable bonds is 4. The summed E-state index contributed by atoms with van der Waals surface area (Å²) in [7, 11) is 1.49. The number of benzene rings is 1. The second kappa shape index (κ2) is 7.97. The Morgan fingerprint density at radius 1 is 1.46 bits per heavy atom. The quantitative estimate of drug-likeness (QED) is 0.817. The topological polar surface area (TPSA) is 81.9 Å². The van der Waals surface area contributed by atoms with Crippen LogP contribution in [-0.2, 0) is 16.7 Å². The van der Waals surface area contributed by atoms with Crippen molar-refractivity contribution < 1.29 is 19.1 Å². The molecule has 28 heavy (non-hydrogen) atoms. The molecular weight excluding hydrogens is 402 g/mol. The van der Waals surface area contributed by atoms with E-state index in [0.717, 1.165) is 4.88 Å². The minimum atomic E-state index is -0.442. The van der Waals surface area contributed by atoms with Gasteiger partial charge in [-0.2, -0.15) is 4.99 Å². The number of methoxy groups -OCH3 is 1. The Labute approximate surface area is 172 Å². The van der Waals surface area contributed by atoms with Gasteiger partial charge >= 0.3 is 6.09 Å². The SMILES string of the molecule is COc1ccc(Cl)cc1C(=O)/N=c1\sc(C(C)(C)C)cn1C[C@H]1COC(=O)N1. The summed E-state index contributed by atoms with van der Waals surface area (Å²) in [6.07, 6.45) is 1.53. The molecule has 1 fully saturated rings. The van der Waals surface area contributed by atoms with Crippen LogP contribution < -0.4 is 14.9 Å². The molecule has 1 aromatic carbocycles. The van der Waals surface area contributed by atoms with Crippen LogP contribution in [0.5, 0.6) is 5.75 Å². The minimum Gasteiger partial charge on any atom is -0.496 e. The molecule has 9 heteroatoms. The number of alkyl carbamates (subject to hydrolysis) is 1. The number of hydrogen-bond acceptors (Lipinski definition) is 5. The standard InChI is InChI=1S/C19H22ClN3O4S/c1-19(2,3)15-9-23(8-12-10-27-18(25)21-12)17(28-15)22-16(24)13-7-11(20)5-6-14(13)26-4/h5-7,9,12H,8,10H2,1-4H3,(H,21,25)/b22-17-/t12-/m0/s1. The number of thiazole rings is 1. The van der Waals surface area contributed by atoms with Crippen molar-refractivity contribution in [2.45, 2.75) is 38.8 Å². The molecule has 1 saturated heterocycles. The number of carbonyl (C=O) groups excluding carboxylic acids is 2. The third kappa shape index (κ3) is 4.56. The van der Waals surface area contributed by atoms with Crippen molar-refractivity contribution in [3.63, 3.8) is 0 Å². The monoisotopic (exact) mass is 423 g/mol. The Bertz CT molecular complexity index is 974. The summed E-state index contributed by atoms with van der Waals surface area (Å²) >= 11 is 7.48. The third-order valence-corrected chi connectivity index (χ3v) is 5.88. The fourth-order valence-corrected chi connectivity index (χ4v) is 3.93. The predicted octanol–water partition coefficient (Wildman–Crippen LogP) is 3.36. The third-order valence-electron chi connectivity index (χ3n) is 4.20. The number of carbonyl (C=O) groups is 2. The fourth-order valence-electron chi connectivity index (χ4n) is 2.70. The van der Waals surface area contributed by atoms with Crippen molar-refractivity contribution in [3.05, 3.63) is 44.7 Å². The van der Waals surface area contributed by atoms with E-state index in [1.807, 2.05) is 10.8 Å². The lowest BCUT2D eigenvalue weighted by atomic mass is 9.95. The summed E-state index contributed by atoms with van der Waals surface area (Å²) in [5.41, 5.74) is 0.191. The van der Waals surface area contributed by atoms with Gasteiger partial charge < -0.3 is 19.4 Å². The zero-order valence-corrected chi connectivity index (χ0v) is 17.7. The summed E-state index contributed by atoms with van der Waals surface area (Å²) in [4.78, 5) is 30.1. The van der Waals surface area contributed by atoms with Gasteiger partial charge in [-0.25, -0.2) is 4.79 Å². The number of halogens is 1. The summed E-state index contributed by atoms with van der Waals surface area (Å²) in [6.45, 7) is 7.01. The van der Waals surface area contributed by atoms with Crippen molar-refractivity contribution in [1.82, 2.24) is 9.88 Å². The van der Waals surface area contributed by atoms with Gasteiger partial charge in [0.2, 0.25) is 0 Å². The van der Waals surface area contributed by atoms with E-state index in [1.54, 1.807) is 18.2 Å². The molecule has 2 aromatic rings. The highest BCUT2D eigenvalue weighted by Gasteiger charge is 2.25. The van der Waals surface area contributed by atoms with Crippen LogP contribution in [0.3, 0.4) is 0 Å². The molecule has 150 valence electrons. The summed E-state index contributed by atoms with van der Waals surface area (Å²) in [5, 5.41) is 3.18. The molecule has 1 N–H and O–H groups in total. The largest absolute Gasteiger partial charge is 0.496 e. The number of hydrogen-bond donors (Lipinski definition) is 1. The number of aromatic nitrogens is 1. The molecule has 1 aromatic heterocycles. The van der Waals surface area contributed by atoms with Gasteiger partial charge in [-0.15, -0.1) is 11.3 Å². The van der Waals surface area contributed by atoms with Crippen molar-refractivity contribution >= 4 is 34.9 Å². The van der Waals surface area contributed by atoms with Crippen molar-refractivity contribution in [2.75, 3.05) is 13.7 Å². The lowest BCUT2D eigenvalue weighted by Gasteiger charge is -2.15. The Morgan fingerprint density at radius 3 is 2.82 bits per heavy atom. The first-order chi connectivity index (χ1) is 13.2. The molecule has 2 heterocycles. The van der Waals surface area contributed by atoms with Gasteiger partial charge in [0.15, 0.2) is 4.80 Å². The molecule has 0 aliphatic carbocycles. The van der Waals surface area contributed by atoms with Crippen molar-refractivity contribution in [1.29, 1.82) is 0 Å². The smallest absolute Gasteiger partial charge is 0.407 e. The van der Waals surface area contributed by atoms with Crippen LogP contribution in [0.1, 0.15) is 36.0 Å². The fraction of sp³-hybridized carbons (Fsp3) is 0.421. The van der Waals surface area contributed by atoms with E-state index in [0.29, 0.717) is 27.7 Å². The van der Waals surface area contributed by atoms with Crippen LogP contribution >= 0.6 is 22.9 Å². The number of amides is 2. The highest BCUT2D eigenvalue weighted by atomic mass is 35.5. The van der Waals surface area contributed by atoms with E-state index < -0.39 is 12.0 Å². The van der Waals surface area contributed by atoms with E-state index in [1.165, 1.54) is 18.4 Å². The zero-order chi connectivity index (χ0) is 20.5. The van der Waals surface area contributed by atoms with E-state index in [-0.39, 0.29) is 18.1 Å². The molecule has 1 aliphatic rings. The van der Waals surface area contributed by atoms with Gasteiger partial charge in [0.25, 0.3) is 5.91 Å². The first kappa shape index (κ1) is 20.4. The van der Waals surface area contributed by atoms with Crippen LogP contribution in [0.2, 0.25) is 5.02 Å². The lowest BCUT2D eigenvalue weighted by Crippen LogP contribution is -2.33. The van der Waals surface area contributed by atoms with E-state index in [9.17, 15) is 9.59 Å². The predicted molar refractivity (Wildman–Crippen MR) is 107 cm³/mol. The molecule has 3 rings (SSSR count). The minimum absolute atomic E-state index is 0.105. The molecular formula is C19H22ClN3O4S. The molecule has 7 nitrogen and oxygen atoms in total. The molecule has 0 unspecified atom stereocenters. The highest BCUT2D eigenvalue weighted by Crippen LogP contribution is 2.26. The molecule has 0 saturated carbocycles. The molecule has 0 bridgehead atoms. The Morgan fingerprint density at radius 2 is 2.21 bits per heavy atom. The maximum absolute atomic E-state index is 12.8. The van der Waals surface area contributed by atoms with E-state index in [2.05, 4.69) is 31.1 Å². The first-order valence-corrected chi connectivity index (χ1v) is 9.93. The second-order valence-corrected chi connectivity index (χ2v) is 8.93. The summed E-state index contributed by atoms with van der Waals surface area (Å²) in [6, 6.07) is 4.66. The van der Waals surface area contributed by atoms with Crippen molar-refractivity contribution in [2.24, 2.45) is 4.99 Å². The highest BCUT2D eigenvalue weighted by molar-refractivity contribution is 7.09. The van der Waals surface area contributed by atoms with Gasteiger partial charge in [0.05, 0.1) is 18.7 Å². The van der Waals surface area contributed by atoms with Gasteiger partial charge in [-0.1, -0.05) is 32.4 Å². The molecule has 1 aliphatic heterocycles. The van der Waals surface area contributed by atoms with Crippen molar-refractivity contribution in [3.8, 4) is 5.75 Å². The van der Waals surface area contributed by atoms with Gasteiger partial charge in [-0.05, 0) is 23.6 Å². The van der Waals surface area contributed by atoms with E-state index >= 15 is 0 Å². The summed E-state index contributed by atoms with van der Waals surface area (Å²) < 4.78 is 12.1. The lowest BCUT2D eigenvalue weighted by molar-refractivity contribution is 0.0994. The normalized spacial score (nSPS) is 17.4. The van der Waals surface area contributed by atoms with Crippen LogP contribution in [0.4, 0.5) is 4.79 Å². The number of cyclic esters (lactones) is 1. The Hall–Kier alpha value is -2.32. The Kier molecular flexibility index (Phi) is 5.81. The van der Waals surface area contributed by atoms with Crippen LogP contribution in [-0.4, -0.2) is 36.3 Å². The average molecular weight is 424 g/mol. The molecule has 0 spiro atoms. The number of ether oxygens (including phenoxy) is 2. The molecule has 2 amide bonds. The molecule has 0 radical (unpaired) electrons. The number of nitrogens with one attached hydrogen (secondary N) is 1. The maximum atomic E-state index is 12.8. The second-order valence-electron chi connectivity index (χ2n) is 7.48. The average Bonchev–Trinajstić information content (AvgIpc) is 3.21. The number of nitrogens with zero attached hydrogens (tertiary/aromatic N) is 2. The van der Waals surface area contributed by atoms with Gasteiger partial charge in [-0.3, -0.25) is 4.79 Å². The van der Waals surface area contributed by atoms with E-state index in [4.69, 9.17) is 21.1 Å². The zero-order valence-electron chi connectivity index (χ0n) is 16.1. The van der Waals surface area contributed by atoms with Gasteiger partial charge in [0, 0.05) is 22.6 Å². The van der Waals surface area contributed by atoms with Crippen LogP contribution in [0.15, 0.2) is 29.4 Å². The van der Waals surface area contributed by atoms with Gasteiger partial charge in [0.1, 0.15) is 12.4 Å². The first-order valence-electron chi connectivity index (χ1n) is 8.74. The maximum Gasteiger partial charge on any atom is 0.407 e.